The SMILES string of the molecule is CNCc1cnc(N2CCOC(C)C2)s1. The third kappa shape index (κ3) is 2.68. The van der Waals surface area contributed by atoms with E-state index in [1.54, 1.807) is 11.3 Å². The Bertz CT molecular complexity index is 315. The lowest BCUT2D eigenvalue weighted by Gasteiger charge is -2.30. The van der Waals surface area contributed by atoms with Crippen LogP contribution in [-0.2, 0) is 11.3 Å². The standard InChI is InChI=1S/C10H17N3OS/c1-8-7-13(3-4-14-8)10-12-6-9(15-10)5-11-2/h6,8,11H,3-5,7H2,1-2H3. The number of ether oxygens (including phenoxy) is 1. The lowest BCUT2D eigenvalue weighted by molar-refractivity contribution is 0.0532. The summed E-state index contributed by atoms with van der Waals surface area (Å²) in [5.74, 6) is 0. The van der Waals surface area contributed by atoms with Crippen LogP contribution in [-0.4, -0.2) is 37.8 Å². The molecule has 2 rings (SSSR count). The molecule has 0 saturated carbocycles. The number of anilines is 1. The minimum Gasteiger partial charge on any atom is -0.375 e. The number of rotatable bonds is 3. The Balaban J connectivity index is 2.01. The molecule has 0 radical (unpaired) electrons. The molecule has 1 aliphatic rings. The Morgan fingerprint density at radius 2 is 2.60 bits per heavy atom. The average Bonchev–Trinajstić information content (AvgIpc) is 2.67. The molecule has 1 aliphatic heterocycles. The van der Waals surface area contributed by atoms with Gasteiger partial charge in [0.05, 0.1) is 12.7 Å². The number of hydrogen-bond donors (Lipinski definition) is 1. The number of morpholine rings is 1. The molecular formula is C10H17N3OS. The zero-order chi connectivity index (χ0) is 10.7. The number of hydrogen-bond acceptors (Lipinski definition) is 5. The third-order valence-electron chi connectivity index (χ3n) is 2.40. The maximum absolute atomic E-state index is 5.51. The summed E-state index contributed by atoms with van der Waals surface area (Å²) in [6.07, 6.45) is 2.27. The third-order valence-corrected chi connectivity index (χ3v) is 3.46. The first kappa shape index (κ1) is 10.9. The summed E-state index contributed by atoms with van der Waals surface area (Å²) in [5, 5.41) is 4.26. The molecule has 0 aliphatic carbocycles. The van der Waals surface area contributed by atoms with Gasteiger partial charge in [0.1, 0.15) is 0 Å². The fourth-order valence-corrected chi connectivity index (χ4v) is 2.65. The van der Waals surface area contributed by atoms with Crippen LogP contribution < -0.4 is 10.2 Å². The topological polar surface area (TPSA) is 37.4 Å². The Hall–Kier alpha value is -0.650. The zero-order valence-electron chi connectivity index (χ0n) is 9.19. The van der Waals surface area contributed by atoms with Crippen molar-refractivity contribution in [3.05, 3.63) is 11.1 Å². The van der Waals surface area contributed by atoms with Crippen LogP contribution in [0.3, 0.4) is 0 Å². The average molecular weight is 227 g/mol. The zero-order valence-corrected chi connectivity index (χ0v) is 10.0. The highest BCUT2D eigenvalue weighted by molar-refractivity contribution is 7.15. The predicted octanol–water partition coefficient (Wildman–Crippen LogP) is 1.09. The van der Waals surface area contributed by atoms with Gasteiger partial charge in [0.25, 0.3) is 0 Å². The molecule has 15 heavy (non-hydrogen) atoms. The monoisotopic (exact) mass is 227 g/mol. The first-order valence-electron chi connectivity index (χ1n) is 5.25. The lowest BCUT2D eigenvalue weighted by Crippen LogP contribution is -2.41. The van der Waals surface area contributed by atoms with E-state index in [4.69, 9.17) is 4.74 Å². The fraction of sp³-hybridized carbons (Fsp3) is 0.700. The van der Waals surface area contributed by atoms with Gasteiger partial charge in [-0.05, 0) is 14.0 Å². The molecular weight excluding hydrogens is 210 g/mol. The molecule has 5 heteroatoms. The summed E-state index contributed by atoms with van der Waals surface area (Å²) in [4.78, 5) is 8.03. The molecule has 1 atom stereocenters. The second-order valence-electron chi connectivity index (χ2n) is 3.77. The van der Waals surface area contributed by atoms with E-state index < -0.39 is 0 Å². The maximum atomic E-state index is 5.51. The first-order chi connectivity index (χ1) is 7.29. The highest BCUT2D eigenvalue weighted by atomic mass is 32.1. The van der Waals surface area contributed by atoms with Crippen molar-refractivity contribution in [2.75, 3.05) is 31.6 Å². The fourth-order valence-electron chi connectivity index (χ4n) is 1.69. The Kier molecular flexibility index (Phi) is 3.56. The summed E-state index contributed by atoms with van der Waals surface area (Å²) < 4.78 is 5.51. The molecule has 0 aromatic carbocycles. The van der Waals surface area contributed by atoms with Crippen LogP contribution in [0.15, 0.2) is 6.20 Å². The molecule has 0 bridgehead atoms. The van der Waals surface area contributed by atoms with Crippen LogP contribution in [0.2, 0.25) is 0 Å². The molecule has 2 heterocycles. The lowest BCUT2D eigenvalue weighted by atomic mass is 10.3. The van der Waals surface area contributed by atoms with Gasteiger partial charge in [0.2, 0.25) is 0 Å². The molecule has 84 valence electrons. The van der Waals surface area contributed by atoms with E-state index in [-0.39, 0.29) is 0 Å². The Morgan fingerprint density at radius 1 is 1.73 bits per heavy atom. The molecule has 4 nitrogen and oxygen atoms in total. The van der Waals surface area contributed by atoms with Crippen molar-refractivity contribution in [1.82, 2.24) is 10.3 Å². The Labute approximate surface area is 94.3 Å². The first-order valence-corrected chi connectivity index (χ1v) is 6.07. The van der Waals surface area contributed by atoms with Gasteiger partial charge in [-0.25, -0.2) is 4.98 Å². The van der Waals surface area contributed by atoms with Crippen LogP contribution in [0.1, 0.15) is 11.8 Å². The summed E-state index contributed by atoms with van der Waals surface area (Å²) in [7, 11) is 1.95. The van der Waals surface area contributed by atoms with E-state index in [1.165, 1.54) is 4.88 Å². The number of thiazole rings is 1. The Morgan fingerprint density at radius 3 is 3.33 bits per heavy atom. The van der Waals surface area contributed by atoms with Crippen molar-refractivity contribution >= 4 is 16.5 Å². The second kappa shape index (κ2) is 4.92. The van der Waals surface area contributed by atoms with E-state index in [1.807, 2.05) is 13.2 Å². The van der Waals surface area contributed by atoms with E-state index in [9.17, 15) is 0 Å². The van der Waals surface area contributed by atoms with Crippen LogP contribution >= 0.6 is 11.3 Å². The van der Waals surface area contributed by atoms with E-state index in [0.29, 0.717) is 6.10 Å². The van der Waals surface area contributed by atoms with Gasteiger partial charge in [-0.15, -0.1) is 11.3 Å². The maximum Gasteiger partial charge on any atom is 0.185 e. The summed E-state index contributed by atoms with van der Waals surface area (Å²) in [5.41, 5.74) is 0. The molecule has 1 unspecified atom stereocenters. The highest BCUT2D eigenvalue weighted by Gasteiger charge is 2.19. The van der Waals surface area contributed by atoms with Gasteiger partial charge in [-0.2, -0.15) is 0 Å². The van der Waals surface area contributed by atoms with Crippen molar-refractivity contribution in [3.8, 4) is 0 Å². The second-order valence-corrected chi connectivity index (χ2v) is 4.86. The molecule has 0 spiro atoms. The van der Waals surface area contributed by atoms with Crippen LogP contribution in [0.4, 0.5) is 5.13 Å². The van der Waals surface area contributed by atoms with Crippen LogP contribution in [0.5, 0.6) is 0 Å². The van der Waals surface area contributed by atoms with E-state index in [2.05, 4.69) is 22.1 Å². The van der Waals surface area contributed by atoms with Gasteiger partial charge < -0.3 is 15.0 Å². The van der Waals surface area contributed by atoms with Crippen molar-refractivity contribution in [3.63, 3.8) is 0 Å². The van der Waals surface area contributed by atoms with Crippen molar-refractivity contribution in [2.45, 2.75) is 19.6 Å². The molecule has 1 aromatic heterocycles. The largest absolute Gasteiger partial charge is 0.375 e. The van der Waals surface area contributed by atoms with Gasteiger partial charge in [0.15, 0.2) is 5.13 Å². The van der Waals surface area contributed by atoms with E-state index >= 15 is 0 Å². The quantitative estimate of drug-likeness (QED) is 0.838. The van der Waals surface area contributed by atoms with Gasteiger partial charge in [0, 0.05) is 30.7 Å². The smallest absolute Gasteiger partial charge is 0.185 e. The van der Waals surface area contributed by atoms with Gasteiger partial charge in [-0.3, -0.25) is 0 Å². The minimum atomic E-state index is 0.315. The normalized spacial score (nSPS) is 22.0. The van der Waals surface area contributed by atoms with Crippen molar-refractivity contribution < 1.29 is 4.74 Å². The number of nitrogens with zero attached hydrogens (tertiary/aromatic N) is 2. The summed E-state index contributed by atoms with van der Waals surface area (Å²) in [6.45, 7) is 5.72. The molecule has 1 N–H and O–H groups in total. The predicted molar refractivity (Wildman–Crippen MR) is 62.5 cm³/mol. The van der Waals surface area contributed by atoms with Gasteiger partial charge >= 0.3 is 0 Å². The van der Waals surface area contributed by atoms with E-state index in [0.717, 1.165) is 31.4 Å². The molecule has 1 saturated heterocycles. The minimum absolute atomic E-state index is 0.315. The number of nitrogens with one attached hydrogen (secondary N) is 1. The van der Waals surface area contributed by atoms with Crippen LogP contribution in [0.25, 0.3) is 0 Å². The van der Waals surface area contributed by atoms with Crippen molar-refractivity contribution in [2.24, 2.45) is 0 Å². The summed E-state index contributed by atoms with van der Waals surface area (Å²) >= 11 is 1.76. The molecule has 0 amide bonds. The summed E-state index contributed by atoms with van der Waals surface area (Å²) in [6, 6.07) is 0. The van der Waals surface area contributed by atoms with Crippen LogP contribution in [0, 0.1) is 0 Å². The van der Waals surface area contributed by atoms with Crippen molar-refractivity contribution in [1.29, 1.82) is 0 Å². The molecule has 1 aromatic rings. The highest BCUT2D eigenvalue weighted by Crippen LogP contribution is 2.24. The van der Waals surface area contributed by atoms with Gasteiger partial charge in [-0.1, -0.05) is 0 Å². The molecule has 1 fully saturated rings. The number of aromatic nitrogens is 1.